The van der Waals surface area contributed by atoms with E-state index in [4.69, 9.17) is 5.11 Å². The lowest BCUT2D eigenvalue weighted by molar-refractivity contribution is -0.139. The van der Waals surface area contributed by atoms with E-state index in [9.17, 15) is 9.18 Å². The Morgan fingerprint density at radius 1 is 1.39 bits per heavy atom. The normalized spacial score (nSPS) is 12.3. The number of hydrogen-bond donors (Lipinski definition) is 2. The minimum Gasteiger partial charge on any atom is -0.480 e. The van der Waals surface area contributed by atoms with E-state index in [0.29, 0.717) is 11.1 Å². The average Bonchev–Trinajstić information content (AvgIpc) is 2.85. The zero-order valence-electron chi connectivity index (χ0n) is 9.47. The molecule has 0 saturated carbocycles. The lowest BCUT2D eigenvalue weighted by atomic mass is 10.1. The summed E-state index contributed by atoms with van der Waals surface area (Å²) in [6, 6.07) is 7.26. The van der Waals surface area contributed by atoms with E-state index in [1.165, 1.54) is 17.4 Å². The second-order valence-corrected chi connectivity index (χ2v) is 4.58. The van der Waals surface area contributed by atoms with Crippen LogP contribution in [-0.2, 0) is 11.3 Å². The number of thiophene rings is 1. The maximum atomic E-state index is 13.4. The number of nitrogens with one attached hydrogen (secondary N) is 1. The summed E-state index contributed by atoms with van der Waals surface area (Å²) in [7, 11) is 0. The highest BCUT2D eigenvalue weighted by Crippen LogP contribution is 2.17. The van der Waals surface area contributed by atoms with Crippen molar-refractivity contribution < 1.29 is 14.3 Å². The molecule has 94 valence electrons. The molecule has 1 atom stereocenters. The second kappa shape index (κ2) is 5.75. The van der Waals surface area contributed by atoms with E-state index in [1.54, 1.807) is 29.6 Å². The molecule has 0 bridgehead atoms. The van der Waals surface area contributed by atoms with Crippen LogP contribution < -0.4 is 5.32 Å². The van der Waals surface area contributed by atoms with Crippen molar-refractivity contribution in [1.82, 2.24) is 5.32 Å². The van der Waals surface area contributed by atoms with Crippen LogP contribution in [-0.4, -0.2) is 11.1 Å². The van der Waals surface area contributed by atoms with Crippen molar-refractivity contribution in [1.29, 1.82) is 0 Å². The van der Waals surface area contributed by atoms with Crippen molar-refractivity contribution in [2.75, 3.05) is 0 Å². The number of aliphatic carboxylic acids is 1. The first-order valence-electron chi connectivity index (χ1n) is 5.40. The van der Waals surface area contributed by atoms with Crippen molar-refractivity contribution in [2.24, 2.45) is 0 Å². The summed E-state index contributed by atoms with van der Waals surface area (Å²) in [5.41, 5.74) is 1.14. The molecule has 0 radical (unpaired) electrons. The topological polar surface area (TPSA) is 49.3 Å². The number of rotatable bonds is 5. The van der Waals surface area contributed by atoms with E-state index in [1.807, 2.05) is 5.38 Å². The SMILES string of the molecule is O=C(O)C(NCc1ccccc1F)c1ccsc1. The lowest BCUT2D eigenvalue weighted by Crippen LogP contribution is -2.28. The van der Waals surface area contributed by atoms with Gasteiger partial charge in [-0.2, -0.15) is 11.3 Å². The molecular weight excluding hydrogens is 253 g/mol. The van der Waals surface area contributed by atoms with Crippen LogP contribution in [0.15, 0.2) is 41.1 Å². The highest BCUT2D eigenvalue weighted by atomic mass is 32.1. The van der Waals surface area contributed by atoms with Gasteiger partial charge in [-0.25, -0.2) is 4.39 Å². The molecule has 3 nitrogen and oxygen atoms in total. The molecule has 1 aromatic heterocycles. The maximum Gasteiger partial charge on any atom is 0.325 e. The quantitative estimate of drug-likeness (QED) is 0.874. The predicted molar refractivity (Wildman–Crippen MR) is 67.9 cm³/mol. The minimum absolute atomic E-state index is 0.180. The van der Waals surface area contributed by atoms with Gasteiger partial charge in [-0.3, -0.25) is 10.1 Å². The summed E-state index contributed by atoms with van der Waals surface area (Å²) >= 11 is 1.43. The summed E-state index contributed by atoms with van der Waals surface area (Å²) < 4.78 is 13.4. The monoisotopic (exact) mass is 265 g/mol. The van der Waals surface area contributed by atoms with Crippen molar-refractivity contribution in [3.8, 4) is 0 Å². The minimum atomic E-state index is -0.968. The van der Waals surface area contributed by atoms with Gasteiger partial charge in [-0.1, -0.05) is 18.2 Å². The first kappa shape index (κ1) is 12.7. The van der Waals surface area contributed by atoms with Crippen LogP contribution in [0.3, 0.4) is 0 Å². The van der Waals surface area contributed by atoms with Gasteiger partial charge in [0.1, 0.15) is 11.9 Å². The Morgan fingerprint density at radius 3 is 2.78 bits per heavy atom. The van der Waals surface area contributed by atoms with E-state index in [2.05, 4.69) is 5.32 Å². The van der Waals surface area contributed by atoms with Gasteiger partial charge >= 0.3 is 5.97 Å². The molecule has 1 aromatic carbocycles. The lowest BCUT2D eigenvalue weighted by Gasteiger charge is -2.13. The Hall–Kier alpha value is -1.72. The van der Waals surface area contributed by atoms with Gasteiger partial charge in [0, 0.05) is 12.1 Å². The van der Waals surface area contributed by atoms with Crippen LogP contribution in [0.4, 0.5) is 4.39 Å². The van der Waals surface area contributed by atoms with Crippen LogP contribution in [0.2, 0.25) is 0 Å². The van der Waals surface area contributed by atoms with Gasteiger partial charge in [0.25, 0.3) is 0 Å². The van der Waals surface area contributed by atoms with Gasteiger partial charge in [0.05, 0.1) is 0 Å². The molecule has 0 aliphatic carbocycles. The van der Waals surface area contributed by atoms with Gasteiger partial charge < -0.3 is 5.11 Å². The summed E-state index contributed by atoms with van der Waals surface area (Å²) in [6.45, 7) is 0.180. The van der Waals surface area contributed by atoms with Crippen molar-refractivity contribution in [3.05, 3.63) is 58.0 Å². The van der Waals surface area contributed by atoms with Crippen molar-refractivity contribution in [3.63, 3.8) is 0 Å². The van der Waals surface area contributed by atoms with Crippen LogP contribution in [0, 0.1) is 5.82 Å². The fourth-order valence-electron chi connectivity index (χ4n) is 1.64. The standard InChI is InChI=1S/C13H12FNO2S/c14-11-4-2-1-3-9(11)7-15-12(13(16)17)10-5-6-18-8-10/h1-6,8,12,15H,7H2,(H,16,17). The third-order valence-electron chi connectivity index (χ3n) is 2.58. The number of carbonyl (C=O) groups is 1. The molecule has 1 heterocycles. The number of carboxylic acid groups (broad SMARTS) is 1. The second-order valence-electron chi connectivity index (χ2n) is 3.80. The van der Waals surface area contributed by atoms with Gasteiger partial charge in [0.2, 0.25) is 0 Å². The Labute approximate surface area is 108 Å². The summed E-state index contributed by atoms with van der Waals surface area (Å²) in [4.78, 5) is 11.2. The van der Waals surface area contributed by atoms with Crippen LogP contribution >= 0.6 is 11.3 Å². The molecule has 0 aliphatic heterocycles. The van der Waals surface area contributed by atoms with Crippen LogP contribution in [0.5, 0.6) is 0 Å². The maximum absolute atomic E-state index is 13.4. The molecule has 0 spiro atoms. The van der Waals surface area contributed by atoms with Crippen LogP contribution in [0.1, 0.15) is 17.2 Å². The largest absolute Gasteiger partial charge is 0.480 e. The molecule has 18 heavy (non-hydrogen) atoms. The first-order valence-corrected chi connectivity index (χ1v) is 6.34. The molecule has 0 fully saturated rings. The van der Waals surface area contributed by atoms with Crippen molar-refractivity contribution >= 4 is 17.3 Å². The molecule has 0 amide bonds. The molecule has 2 rings (SSSR count). The fraction of sp³-hybridized carbons (Fsp3) is 0.154. The van der Waals surface area contributed by atoms with Gasteiger partial charge in [-0.05, 0) is 28.5 Å². The van der Waals surface area contributed by atoms with Gasteiger partial charge in [0.15, 0.2) is 0 Å². The van der Waals surface area contributed by atoms with Crippen molar-refractivity contribution in [2.45, 2.75) is 12.6 Å². The third kappa shape index (κ3) is 2.94. The Balaban J connectivity index is 2.08. The highest BCUT2D eigenvalue weighted by molar-refractivity contribution is 7.08. The molecule has 2 aromatic rings. The number of benzene rings is 1. The Morgan fingerprint density at radius 2 is 2.17 bits per heavy atom. The van der Waals surface area contributed by atoms with Gasteiger partial charge in [-0.15, -0.1) is 0 Å². The molecule has 1 unspecified atom stereocenters. The smallest absolute Gasteiger partial charge is 0.325 e. The summed E-state index contributed by atoms with van der Waals surface area (Å²) in [5, 5.41) is 15.6. The average molecular weight is 265 g/mol. The van der Waals surface area contributed by atoms with E-state index >= 15 is 0 Å². The third-order valence-corrected chi connectivity index (χ3v) is 3.28. The summed E-state index contributed by atoms with van der Waals surface area (Å²) in [5.74, 6) is -1.30. The first-order chi connectivity index (χ1) is 8.68. The van der Waals surface area contributed by atoms with E-state index < -0.39 is 12.0 Å². The van der Waals surface area contributed by atoms with Crippen LogP contribution in [0.25, 0.3) is 0 Å². The molecule has 0 aliphatic rings. The number of hydrogen-bond acceptors (Lipinski definition) is 3. The molecule has 0 saturated heterocycles. The highest BCUT2D eigenvalue weighted by Gasteiger charge is 2.19. The zero-order chi connectivity index (χ0) is 13.0. The summed E-state index contributed by atoms with van der Waals surface area (Å²) in [6.07, 6.45) is 0. The fourth-order valence-corrected chi connectivity index (χ4v) is 2.33. The predicted octanol–water partition coefficient (Wildman–Crippen LogP) is 2.80. The zero-order valence-corrected chi connectivity index (χ0v) is 10.3. The van der Waals surface area contributed by atoms with E-state index in [-0.39, 0.29) is 12.4 Å². The Bertz CT molecular complexity index is 528. The number of carboxylic acids is 1. The van der Waals surface area contributed by atoms with E-state index in [0.717, 1.165) is 0 Å². The molecule has 5 heteroatoms. The number of halogens is 1. The Kier molecular flexibility index (Phi) is 4.07. The molecule has 2 N–H and O–H groups in total. The molecular formula is C13H12FNO2S.